The van der Waals surface area contributed by atoms with E-state index >= 15 is 0 Å². The third kappa shape index (κ3) is 3.15. The summed E-state index contributed by atoms with van der Waals surface area (Å²) in [5, 5.41) is 2.72. The first-order valence-corrected chi connectivity index (χ1v) is 9.98. The normalized spacial score (nSPS) is 22.4. The number of amides is 1. The highest BCUT2D eigenvalue weighted by Crippen LogP contribution is 2.44. The first kappa shape index (κ1) is 18.8. The van der Waals surface area contributed by atoms with Gasteiger partial charge in [-0.2, -0.15) is 0 Å². The number of nitrogens with zero attached hydrogens (tertiary/aromatic N) is 2. The van der Waals surface area contributed by atoms with Crippen LogP contribution in [0, 0.1) is 5.82 Å². The van der Waals surface area contributed by atoms with Crippen molar-refractivity contribution in [3.8, 4) is 0 Å². The molecule has 3 aliphatic rings. The van der Waals surface area contributed by atoms with Crippen LogP contribution in [0.15, 0.2) is 48.4 Å². The number of carbonyl (C=O) groups is 1. The van der Waals surface area contributed by atoms with Crippen LogP contribution in [0.1, 0.15) is 25.0 Å². The second kappa shape index (κ2) is 6.95. The molecule has 1 aromatic carbocycles. The van der Waals surface area contributed by atoms with E-state index < -0.39 is 11.4 Å². The van der Waals surface area contributed by atoms with Gasteiger partial charge in [0.25, 0.3) is 5.91 Å². The highest BCUT2D eigenvalue weighted by molar-refractivity contribution is 6.32. The van der Waals surface area contributed by atoms with Crippen LogP contribution in [0.4, 0.5) is 15.9 Å². The lowest BCUT2D eigenvalue weighted by molar-refractivity contribution is -0.111. The van der Waals surface area contributed by atoms with E-state index in [0.29, 0.717) is 35.8 Å². The summed E-state index contributed by atoms with van der Waals surface area (Å²) in [7, 11) is 0. The smallest absolute Gasteiger partial charge is 0.260 e. The minimum atomic E-state index is -0.631. The van der Waals surface area contributed by atoms with Crippen LogP contribution in [-0.4, -0.2) is 42.8 Å². The van der Waals surface area contributed by atoms with Gasteiger partial charge in [-0.05, 0) is 50.3 Å². The number of nitrogens with one attached hydrogen (secondary N) is 1. The van der Waals surface area contributed by atoms with Gasteiger partial charge in [0.05, 0.1) is 24.5 Å². The summed E-state index contributed by atoms with van der Waals surface area (Å²) in [6, 6.07) is 8.30. The Bertz CT molecular complexity index is 1080. The highest BCUT2D eigenvalue weighted by atomic mass is 19.1. The fourth-order valence-electron chi connectivity index (χ4n) is 4.13. The van der Waals surface area contributed by atoms with Crippen molar-refractivity contribution in [2.75, 3.05) is 36.5 Å². The lowest BCUT2D eigenvalue weighted by atomic mass is 9.93. The molecular weight excluding hydrogens is 385 g/mol. The fourth-order valence-corrected chi connectivity index (χ4v) is 4.13. The molecule has 6 nitrogen and oxygen atoms in total. The van der Waals surface area contributed by atoms with Gasteiger partial charge < -0.3 is 19.7 Å². The number of hydrogen-bond acceptors (Lipinski definition) is 5. The maximum atomic E-state index is 13.5. The zero-order valence-corrected chi connectivity index (χ0v) is 16.9. The molecular formula is C23H22FN3O3. The number of allylic oxidation sites excluding steroid dienone is 1. The quantitative estimate of drug-likeness (QED) is 0.771. The van der Waals surface area contributed by atoms with Gasteiger partial charge in [-0.3, -0.25) is 4.79 Å². The van der Waals surface area contributed by atoms with Gasteiger partial charge in [-0.25, -0.2) is 9.37 Å². The molecule has 0 bridgehead atoms. The number of anilines is 2. The molecule has 1 saturated heterocycles. The molecule has 4 heterocycles. The van der Waals surface area contributed by atoms with Crippen molar-refractivity contribution in [3.05, 3.63) is 65.3 Å². The van der Waals surface area contributed by atoms with Crippen LogP contribution in [0.5, 0.6) is 0 Å². The Balaban J connectivity index is 1.51. The lowest BCUT2D eigenvalue weighted by Gasteiger charge is -2.28. The van der Waals surface area contributed by atoms with Gasteiger partial charge in [0.1, 0.15) is 23.0 Å². The van der Waals surface area contributed by atoms with Crippen molar-refractivity contribution < 1.29 is 18.7 Å². The molecule has 7 heteroatoms. The maximum Gasteiger partial charge on any atom is 0.260 e. The van der Waals surface area contributed by atoms with Crippen LogP contribution in [0.3, 0.4) is 0 Å². The third-order valence-electron chi connectivity index (χ3n) is 5.66. The molecule has 0 aliphatic carbocycles. The van der Waals surface area contributed by atoms with E-state index in [1.807, 2.05) is 38.3 Å². The lowest BCUT2D eigenvalue weighted by Crippen LogP contribution is -2.36. The standard InChI is InChI=1S/C23H22FN3O3/c1-23(2)17(14-3-6-20(25-13-14)27-7-9-29-10-8-27)12-19(30-23)21-16-5-4-15(24)11-18(16)26-22(21)28/h3-6,11-13H,7-10H2,1-2H3,(H,26,28)/b21-19+. The molecule has 0 saturated carbocycles. The Morgan fingerprint density at radius 1 is 1.17 bits per heavy atom. The molecule has 0 spiro atoms. The molecule has 0 radical (unpaired) electrons. The summed E-state index contributed by atoms with van der Waals surface area (Å²) in [5.74, 6) is 0.717. The summed E-state index contributed by atoms with van der Waals surface area (Å²) >= 11 is 0. The number of benzene rings is 1. The van der Waals surface area contributed by atoms with E-state index in [0.717, 1.165) is 30.0 Å². The van der Waals surface area contributed by atoms with Crippen molar-refractivity contribution in [3.63, 3.8) is 0 Å². The summed E-state index contributed by atoms with van der Waals surface area (Å²) in [6.07, 6.45) is 3.73. The number of ether oxygens (including phenoxy) is 2. The van der Waals surface area contributed by atoms with Crippen LogP contribution in [-0.2, 0) is 14.3 Å². The molecule has 5 rings (SSSR count). The van der Waals surface area contributed by atoms with E-state index in [4.69, 9.17) is 9.47 Å². The predicted octanol–water partition coefficient (Wildman–Crippen LogP) is 3.61. The maximum absolute atomic E-state index is 13.5. The predicted molar refractivity (Wildman–Crippen MR) is 112 cm³/mol. The van der Waals surface area contributed by atoms with Gasteiger partial charge in [0.15, 0.2) is 0 Å². The molecule has 1 aromatic heterocycles. The molecule has 1 N–H and O–H groups in total. The average Bonchev–Trinajstić information content (AvgIpc) is 3.23. The first-order chi connectivity index (χ1) is 14.4. The van der Waals surface area contributed by atoms with E-state index in [9.17, 15) is 9.18 Å². The van der Waals surface area contributed by atoms with Gasteiger partial charge in [0.2, 0.25) is 0 Å². The van der Waals surface area contributed by atoms with Crippen molar-refractivity contribution >= 4 is 28.6 Å². The van der Waals surface area contributed by atoms with Gasteiger partial charge >= 0.3 is 0 Å². The number of carbonyl (C=O) groups excluding carboxylic acids is 1. The first-order valence-electron chi connectivity index (χ1n) is 9.98. The number of fused-ring (bicyclic) bond motifs is 1. The summed E-state index contributed by atoms with van der Waals surface area (Å²) in [5.41, 5.74) is 2.77. The Morgan fingerprint density at radius 3 is 2.70 bits per heavy atom. The number of aromatic nitrogens is 1. The van der Waals surface area contributed by atoms with Crippen molar-refractivity contribution in [1.29, 1.82) is 0 Å². The Hall–Kier alpha value is -3.19. The van der Waals surface area contributed by atoms with Gasteiger partial charge in [0, 0.05) is 36.0 Å². The number of rotatable bonds is 2. The second-order valence-corrected chi connectivity index (χ2v) is 8.06. The zero-order valence-electron chi connectivity index (χ0n) is 16.9. The van der Waals surface area contributed by atoms with Gasteiger partial charge in [-0.1, -0.05) is 0 Å². The van der Waals surface area contributed by atoms with Crippen LogP contribution < -0.4 is 10.2 Å². The average molecular weight is 407 g/mol. The van der Waals surface area contributed by atoms with Crippen molar-refractivity contribution in [1.82, 2.24) is 4.98 Å². The highest BCUT2D eigenvalue weighted by Gasteiger charge is 2.38. The third-order valence-corrected chi connectivity index (χ3v) is 5.66. The largest absolute Gasteiger partial charge is 0.482 e. The van der Waals surface area contributed by atoms with E-state index in [-0.39, 0.29) is 5.91 Å². The van der Waals surface area contributed by atoms with E-state index in [2.05, 4.69) is 15.2 Å². The Morgan fingerprint density at radius 2 is 1.97 bits per heavy atom. The number of hydrogen-bond donors (Lipinski definition) is 1. The molecule has 2 aromatic rings. The zero-order chi connectivity index (χ0) is 20.9. The molecule has 1 amide bonds. The summed E-state index contributed by atoms with van der Waals surface area (Å²) in [4.78, 5) is 19.4. The second-order valence-electron chi connectivity index (χ2n) is 8.06. The van der Waals surface area contributed by atoms with Crippen LogP contribution >= 0.6 is 0 Å². The van der Waals surface area contributed by atoms with E-state index in [1.54, 1.807) is 6.07 Å². The van der Waals surface area contributed by atoms with Crippen molar-refractivity contribution in [2.24, 2.45) is 0 Å². The van der Waals surface area contributed by atoms with E-state index in [1.165, 1.54) is 12.1 Å². The summed E-state index contributed by atoms with van der Waals surface area (Å²) < 4.78 is 25.1. The van der Waals surface area contributed by atoms with Crippen molar-refractivity contribution in [2.45, 2.75) is 19.4 Å². The molecule has 30 heavy (non-hydrogen) atoms. The SMILES string of the molecule is CC1(C)O/C(=C2/C(=O)Nc3cc(F)ccc32)C=C1c1ccc(N2CCOCC2)nc1. The number of morpholine rings is 1. The minimum Gasteiger partial charge on any atom is -0.482 e. The monoisotopic (exact) mass is 407 g/mol. The molecule has 154 valence electrons. The van der Waals surface area contributed by atoms with Gasteiger partial charge in [-0.15, -0.1) is 0 Å². The topological polar surface area (TPSA) is 63.7 Å². The van der Waals surface area contributed by atoms with Crippen LogP contribution in [0.25, 0.3) is 11.1 Å². The molecule has 0 atom stereocenters. The molecule has 3 aliphatic heterocycles. The Kier molecular flexibility index (Phi) is 4.36. The van der Waals surface area contributed by atoms with Crippen LogP contribution in [0.2, 0.25) is 0 Å². The summed E-state index contributed by atoms with van der Waals surface area (Å²) in [6.45, 7) is 6.99. The number of halogens is 1. The fraction of sp³-hybridized carbons (Fsp3) is 0.304. The Labute approximate surface area is 174 Å². The molecule has 1 fully saturated rings. The molecule has 0 unspecified atom stereocenters. The number of pyridine rings is 1. The minimum absolute atomic E-state index is 0.292.